The van der Waals surface area contributed by atoms with Crippen LogP contribution in [0.15, 0.2) is 39.9 Å². The van der Waals surface area contributed by atoms with Gasteiger partial charge in [0.1, 0.15) is 12.0 Å². The number of aliphatic hydroxyl groups is 1. The lowest BCUT2D eigenvalue weighted by molar-refractivity contribution is 0.0522. The number of aromatic nitrogens is 1. The second-order valence-electron chi connectivity index (χ2n) is 6.99. The van der Waals surface area contributed by atoms with E-state index in [4.69, 9.17) is 4.42 Å². The van der Waals surface area contributed by atoms with Gasteiger partial charge in [-0.3, -0.25) is 0 Å². The number of hydrogen-bond acceptors (Lipinski definition) is 4. The lowest BCUT2D eigenvalue weighted by atomic mass is 10.0. The summed E-state index contributed by atoms with van der Waals surface area (Å²) in [5.74, 6) is 1.29. The van der Waals surface area contributed by atoms with E-state index in [9.17, 15) is 5.11 Å². The molecule has 1 aliphatic carbocycles. The van der Waals surface area contributed by atoms with Gasteiger partial charge in [0.05, 0.1) is 12.1 Å². The third kappa shape index (κ3) is 6.21. The Kier molecular flexibility index (Phi) is 8.09. The maximum Gasteiger partial charge on any atom is 0.226 e. The normalized spacial score (nSPS) is 16.0. The molecule has 27 heavy (non-hydrogen) atoms. The van der Waals surface area contributed by atoms with Gasteiger partial charge in [-0.05, 0) is 38.8 Å². The van der Waals surface area contributed by atoms with Crippen LogP contribution in [0.5, 0.6) is 0 Å². The first-order valence-electron chi connectivity index (χ1n) is 9.34. The largest absolute Gasteiger partial charge is 0.444 e. The van der Waals surface area contributed by atoms with E-state index in [2.05, 4.69) is 27.5 Å². The van der Waals surface area contributed by atoms with Crippen LogP contribution in [0.4, 0.5) is 0 Å². The lowest BCUT2D eigenvalue weighted by Gasteiger charge is -2.23. The van der Waals surface area contributed by atoms with E-state index in [0.29, 0.717) is 24.9 Å². The monoisotopic (exact) mass is 484 g/mol. The molecule has 0 amide bonds. The molecule has 1 aromatic carbocycles. The third-order valence-corrected chi connectivity index (χ3v) is 4.71. The van der Waals surface area contributed by atoms with Crippen molar-refractivity contribution in [2.75, 3.05) is 13.1 Å². The molecule has 0 atom stereocenters. The van der Waals surface area contributed by atoms with Gasteiger partial charge in [0, 0.05) is 18.7 Å². The third-order valence-electron chi connectivity index (χ3n) is 4.71. The predicted molar refractivity (Wildman–Crippen MR) is 118 cm³/mol. The number of aliphatic imine (C=N–C) groups is 1. The quantitative estimate of drug-likeness (QED) is 0.332. The van der Waals surface area contributed by atoms with Crippen molar-refractivity contribution in [1.29, 1.82) is 0 Å². The van der Waals surface area contributed by atoms with E-state index < -0.39 is 5.60 Å². The molecular formula is C20H29IN4O2. The van der Waals surface area contributed by atoms with Crippen LogP contribution in [0.2, 0.25) is 0 Å². The molecule has 1 heterocycles. The van der Waals surface area contributed by atoms with Gasteiger partial charge < -0.3 is 20.2 Å². The van der Waals surface area contributed by atoms with Gasteiger partial charge in [-0.2, -0.15) is 0 Å². The van der Waals surface area contributed by atoms with Crippen molar-refractivity contribution in [2.45, 2.75) is 51.7 Å². The topological polar surface area (TPSA) is 82.7 Å². The molecule has 0 spiro atoms. The second-order valence-corrected chi connectivity index (χ2v) is 6.99. The zero-order chi connectivity index (χ0) is 18.4. The van der Waals surface area contributed by atoms with Crippen LogP contribution in [0, 0.1) is 6.92 Å². The molecule has 7 heteroatoms. The summed E-state index contributed by atoms with van der Waals surface area (Å²) in [4.78, 5) is 9.07. The molecule has 1 aliphatic rings. The molecule has 6 nitrogen and oxygen atoms in total. The molecule has 2 aromatic rings. The van der Waals surface area contributed by atoms with Crippen LogP contribution in [0.3, 0.4) is 0 Å². The molecule has 1 aromatic heterocycles. The number of rotatable bonds is 6. The Hall–Kier alpha value is -1.61. The van der Waals surface area contributed by atoms with E-state index in [1.165, 1.54) is 5.56 Å². The summed E-state index contributed by atoms with van der Waals surface area (Å²) in [7, 11) is 0. The van der Waals surface area contributed by atoms with Gasteiger partial charge in [-0.15, -0.1) is 24.0 Å². The van der Waals surface area contributed by atoms with Crippen molar-refractivity contribution in [3.63, 3.8) is 0 Å². The number of oxazole rings is 1. The van der Waals surface area contributed by atoms with E-state index >= 15 is 0 Å². The molecular weight excluding hydrogens is 455 g/mol. The standard InChI is InChI=1S/C20H28N4O2.HI/c1-3-21-19(23-14-20(25)10-4-5-11-20)22-12-17-13-26-18(24-17)16-8-6-15(2)7-9-16;/h6-9,13,25H,3-5,10-12,14H2,1-2H3,(H2,21,22,23);1H. The average molecular weight is 484 g/mol. The molecule has 0 aliphatic heterocycles. The highest BCUT2D eigenvalue weighted by Gasteiger charge is 2.30. The number of hydrogen-bond donors (Lipinski definition) is 3. The van der Waals surface area contributed by atoms with Crippen LogP contribution in [0.25, 0.3) is 11.5 Å². The van der Waals surface area contributed by atoms with Gasteiger partial charge in [0.2, 0.25) is 5.89 Å². The number of halogens is 1. The summed E-state index contributed by atoms with van der Waals surface area (Å²) in [5.41, 5.74) is 2.33. The Bertz CT molecular complexity index is 737. The molecule has 0 unspecified atom stereocenters. The van der Waals surface area contributed by atoms with Crippen molar-refractivity contribution >= 4 is 29.9 Å². The highest BCUT2D eigenvalue weighted by atomic mass is 127. The first-order valence-corrected chi connectivity index (χ1v) is 9.34. The molecule has 0 radical (unpaired) electrons. The van der Waals surface area contributed by atoms with Gasteiger partial charge in [-0.1, -0.05) is 30.5 Å². The first-order chi connectivity index (χ1) is 12.6. The summed E-state index contributed by atoms with van der Waals surface area (Å²) < 4.78 is 5.58. The number of nitrogens with one attached hydrogen (secondary N) is 2. The van der Waals surface area contributed by atoms with Gasteiger partial charge in [0.25, 0.3) is 0 Å². The van der Waals surface area contributed by atoms with Crippen LogP contribution in [-0.4, -0.2) is 34.7 Å². The maximum atomic E-state index is 10.5. The fourth-order valence-electron chi connectivity index (χ4n) is 3.17. The summed E-state index contributed by atoms with van der Waals surface area (Å²) in [6.07, 6.45) is 5.52. The van der Waals surface area contributed by atoms with Crippen molar-refractivity contribution in [2.24, 2.45) is 4.99 Å². The first kappa shape index (κ1) is 21.7. The minimum Gasteiger partial charge on any atom is -0.444 e. The van der Waals surface area contributed by atoms with E-state index in [1.807, 2.05) is 31.2 Å². The van der Waals surface area contributed by atoms with Crippen LogP contribution >= 0.6 is 24.0 Å². The zero-order valence-electron chi connectivity index (χ0n) is 16.0. The summed E-state index contributed by atoms with van der Waals surface area (Å²) in [6, 6.07) is 8.08. The van der Waals surface area contributed by atoms with Crippen molar-refractivity contribution < 1.29 is 9.52 Å². The van der Waals surface area contributed by atoms with Crippen LogP contribution in [0.1, 0.15) is 43.9 Å². The Morgan fingerprint density at radius 2 is 1.93 bits per heavy atom. The minimum atomic E-state index is -0.608. The van der Waals surface area contributed by atoms with Crippen LogP contribution < -0.4 is 10.6 Å². The van der Waals surface area contributed by atoms with Gasteiger partial charge in [0.15, 0.2) is 5.96 Å². The molecule has 1 fully saturated rings. The zero-order valence-corrected chi connectivity index (χ0v) is 18.3. The van der Waals surface area contributed by atoms with Gasteiger partial charge in [-0.25, -0.2) is 9.98 Å². The van der Waals surface area contributed by atoms with Crippen LogP contribution in [-0.2, 0) is 6.54 Å². The van der Waals surface area contributed by atoms with Crippen molar-refractivity contribution in [3.05, 3.63) is 41.8 Å². The Balaban J connectivity index is 0.00000261. The lowest BCUT2D eigenvalue weighted by Crippen LogP contribution is -2.46. The molecule has 3 N–H and O–H groups in total. The van der Waals surface area contributed by atoms with Crippen molar-refractivity contribution in [1.82, 2.24) is 15.6 Å². The maximum absolute atomic E-state index is 10.5. The Morgan fingerprint density at radius 1 is 1.22 bits per heavy atom. The van der Waals surface area contributed by atoms with Gasteiger partial charge >= 0.3 is 0 Å². The Morgan fingerprint density at radius 3 is 2.59 bits per heavy atom. The van der Waals surface area contributed by atoms with E-state index in [0.717, 1.165) is 43.5 Å². The molecule has 0 saturated heterocycles. The second kappa shape index (κ2) is 10.1. The van der Waals surface area contributed by atoms with E-state index in [-0.39, 0.29) is 24.0 Å². The molecule has 148 valence electrons. The van der Waals surface area contributed by atoms with Crippen molar-refractivity contribution in [3.8, 4) is 11.5 Å². The average Bonchev–Trinajstić information content (AvgIpc) is 3.28. The predicted octanol–water partition coefficient (Wildman–Crippen LogP) is 3.63. The molecule has 3 rings (SSSR count). The smallest absolute Gasteiger partial charge is 0.226 e. The summed E-state index contributed by atoms with van der Waals surface area (Å²) >= 11 is 0. The summed E-state index contributed by atoms with van der Waals surface area (Å²) in [6.45, 7) is 5.77. The fraction of sp³-hybridized carbons (Fsp3) is 0.500. The highest BCUT2D eigenvalue weighted by molar-refractivity contribution is 14.0. The number of benzene rings is 1. The summed E-state index contributed by atoms with van der Waals surface area (Å²) in [5, 5.41) is 16.9. The molecule has 1 saturated carbocycles. The Labute approximate surface area is 177 Å². The fourth-order valence-corrected chi connectivity index (χ4v) is 3.17. The molecule has 0 bridgehead atoms. The van der Waals surface area contributed by atoms with E-state index in [1.54, 1.807) is 6.26 Å². The SMILES string of the molecule is CCNC(=NCc1coc(-c2ccc(C)cc2)n1)NCC1(O)CCCC1.I. The number of guanidine groups is 1. The highest BCUT2D eigenvalue weighted by Crippen LogP contribution is 2.28. The minimum absolute atomic E-state index is 0. The number of nitrogens with zero attached hydrogens (tertiary/aromatic N) is 2. The number of aryl methyl sites for hydroxylation is 1.